The van der Waals surface area contributed by atoms with Gasteiger partial charge in [0.1, 0.15) is 0 Å². The van der Waals surface area contributed by atoms with Crippen LogP contribution in [-0.4, -0.2) is 23.9 Å². The molecule has 0 atom stereocenters. The van der Waals surface area contributed by atoms with Crippen LogP contribution in [0.4, 0.5) is 5.13 Å². The molecule has 0 radical (unpaired) electrons. The van der Waals surface area contributed by atoms with E-state index in [2.05, 4.69) is 9.88 Å². The van der Waals surface area contributed by atoms with E-state index in [0.29, 0.717) is 6.42 Å². The fourth-order valence-electron chi connectivity index (χ4n) is 1.62. The first-order valence-corrected chi connectivity index (χ1v) is 5.87. The van der Waals surface area contributed by atoms with Crippen LogP contribution in [0, 0.1) is 0 Å². The molecule has 0 amide bonds. The highest BCUT2D eigenvalue weighted by Gasteiger charge is 2.17. The van der Waals surface area contributed by atoms with E-state index in [9.17, 15) is 4.79 Å². The number of carbonyl (C=O) groups is 1. The Morgan fingerprint density at radius 3 is 2.93 bits per heavy atom. The first-order chi connectivity index (χ1) is 6.81. The van der Waals surface area contributed by atoms with Crippen molar-refractivity contribution in [1.82, 2.24) is 4.98 Å². The first-order valence-electron chi connectivity index (χ1n) is 5.05. The third-order valence-corrected chi connectivity index (χ3v) is 3.57. The summed E-state index contributed by atoms with van der Waals surface area (Å²) in [5.74, 6) is 0.202. The summed E-state index contributed by atoms with van der Waals surface area (Å²) in [5, 5.41) is 1.01. The van der Waals surface area contributed by atoms with Gasteiger partial charge in [-0.15, -0.1) is 0 Å². The SMILES string of the molecule is CCC(=O)c1cnc(N2CCCC2)s1. The zero-order valence-corrected chi connectivity index (χ0v) is 9.14. The molecule has 1 aliphatic rings. The second kappa shape index (κ2) is 4.09. The number of rotatable bonds is 3. The smallest absolute Gasteiger partial charge is 0.185 e. The zero-order chi connectivity index (χ0) is 9.97. The minimum absolute atomic E-state index is 0.202. The summed E-state index contributed by atoms with van der Waals surface area (Å²) in [4.78, 5) is 18.7. The number of anilines is 1. The molecule has 0 spiro atoms. The minimum atomic E-state index is 0.202. The lowest BCUT2D eigenvalue weighted by molar-refractivity contribution is 0.0992. The number of carbonyl (C=O) groups excluding carboxylic acids is 1. The van der Waals surface area contributed by atoms with E-state index < -0.39 is 0 Å². The second-order valence-corrected chi connectivity index (χ2v) is 4.49. The molecule has 0 unspecified atom stereocenters. The number of hydrogen-bond acceptors (Lipinski definition) is 4. The molecule has 0 saturated carbocycles. The summed E-state index contributed by atoms with van der Waals surface area (Å²) in [6.45, 7) is 4.07. The molecule has 1 fully saturated rings. The molecular formula is C10H14N2OS. The van der Waals surface area contributed by atoms with Crippen LogP contribution in [0.2, 0.25) is 0 Å². The van der Waals surface area contributed by atoms with Crippen LogP contribution in [0.15, 0.2) is 6.20 Å². The maximum absolute atomic E-state index is 11.4. The fourth-order valence-corrected chi connectivity index (χ4v) is 2.60. The molecule has 0 bridgehead atoms. The van der Waals surface area contributed by atoms with Crippen molar-refractivity contribution in [3.8, 4) is 0 Å². The van der Waals surface area contributed by atoms with Crippen LogP contribution in [0.25, 0.3) is 0 Å². The Bertz CT molecular complexity index is 329. The number of thiazole rings is 1. The topological polar surface area (TPSA) is 33.2 Å². The van der Waals surface area contributed by atoms with Gasteiger partial charge in [-0.05, 0) is 12.8 Å². The minimum Gasteiger partial charge on any atom is -0.348 e. The largest absolute Gasteiger partial charge is 0.348 e. The maximum Gasteiger partial charge on any atom is 0.185 e. The number of aromatic nitrogens is 1. The van der Waals surface area contributed by atoms with Gasteiger partial charge in [0.2, 0.25) is 0 Å². The van der Waals surface area contributed by atoms with Crippen LogP contribution in [-0.2, 0) is 0 Å². The summed E-state index contributed by atoms with van der Waals surface area (Å²) in [7, 11) is 0. The van der Waals surface area contributed by atoms with Gasteiger partial charge in [-0.3, -0.25) is 4.79 Å². The van der Waals surface area contributed by atoms with Crippen molar-refractivity contribution in [3.63, 3.8) is 0 Å². The molecule has 1 aromatic heterocycles. The summed E-state index contributed by atoms with van der Waals surface area (Å²) in [6.07, 6.45) is 4.78. The number of nitrogens with zero attached hydrogens (tertiary/aromatic N) is 2. The Hall–Kier alpha value is -0.900. The Balaban J connectivity index is 2.12. The summed E-state index contributed by atoms with van der Waals surface area (Å²) in [6, 6.07) is 0. The molecule has 0 aromatic carbocycles. The lowest BCUT2D eigenvalue weighted by Crippen LogP contribution is -2.16. The third-order valence-electron chi connectivity index (χ3n) is 2.47. The standard InChI is InChI=1S/C10H14N2OS/c1-2-8(13)9-7-11-10(14-9)12-5-3-4-6-12/h7H,2-6H2,1H3. The van der Waals surface area contributed by atoms with Crippen molar-refractivity contribution in [3.05, 3.63) is 11.1 Å². The molecule has 4 heteroatoms. The number of hydrogen-bond donors (Lipinski definition) is 0. The van der Waals surface area contributed by atoms with E-state index in [1.54, 1.807) is 6.20 Å². The highest BCUT2D eigenvalue weighted by molar-refractivity contribution is 7.17. The summed E-state index contributed by atoms with van der Waals surface area (Å²) >= 11 is 1.53. The van der Waals surface area contributed by atoms with Crippen molar-refractivity contribution < 1.29 is 4.79 Å². The van der Waals surface area contributed by atoms with Crippen LogP contribution >= 0.6 is 11.3 Å². The van der Waals surface area contributed by atoms with Crippen LogP contribution in [0.3, 0.4) is 0 Å². The Morgan fingerprint density at radius 2 is 2.29 bits per heavy atom. The van der Waals surface area contributed by atoms with Gasteiger partial charge in [-0.25, -0.2) is 4.98 Å². The van der Waals surface area contributed by atoms with Crippen LogP contribution in [0.1, 0.15) is 35.9 Å². The van der Waals surface area contributed by atoms with Gasteiger partial charge in [-0.2, -0.15) is 0 Å². The van der Waals surface area contributed by atoms with Crippen LogP contribution in [0.5, 0.6) is 0 Å². The summed E-state index contributed by atoms with van der Waals surface area (Å²) < 4.78 is 0. The zero-order valence-electron chi connectivity index (χ0n) is 8.32. The Labute approximate surface area is 87.8 Å². The van der Waals surface area contributed by atoms with Gasteiger partial charge in [0, 0.05) is 19.5 Å². The van der Waals surface area contributed by atoms with E-state index in [1.165, 1.54) is 24.2 Å². The van der Waals surface area contributed by atoms with Gasteiger partial charge < -0.3 is 4.90 Å². The first kappa shape index (κ1) is 9.65. The number of Topliss-reactive ketones (excluding diaryl/α,β-unsaturated/α-hetero) is 1. The van der Waals surface area contributed by atoms with E-state index in [-0.39, 0.29) is 5.78 Å². The van der Waals surface area contributed by atoms with Gasteiger partial charge in [0.05, 0.1) is 11.1 Å². The lowest BCUT2D eigenvalue weighted by Gasteiger charge is -2.11. The average Bonchev–Trinajstić information content (AvgIpc) is 2.86. The molecule has 2 rings (SSSR count). The molecule has 14 heavy (non-hydrogen) atoms. The molecular weight excluding hydrogens is 196 g/mol. The molecule has 2 heterocycles. The van der Waals surface area contributed by atoms with Gasteiger partial charge >= 0.3 is 0 Å². The highest BCUT2D eigenvalue weighted by atomic mass is 32.1. The predicted octanol–water partition coefficient (Wildman–Crippen LogP) is 2.34. The Morgan fingerprint density at radius 1 is 1.57 bits per heavy atom. The normalized spacial score (nSPS) is 16.2. The van der Waals surface area contributed by atoms with E-state index in [4.69, 9.17) is 0 Å². The highest BCUT2D eigenvalue weighted by Crippen LogP contribution is 2.26. The lowest BCUT2D eigenvalue weighted by atomic mass is 10.3. The van der Waals surface area contributed by atoms with E-state index >= 15 is 0 Å². The molecule has 0 aliphatic carbocycles. The summed E-state index contributed by atoms with van der Waals surface area (Å²) in [5.41, 5.74) is 0. The van der Waals surface area contributed by atoms with E-state index in [1.807, 2.05) is 6.92 Å². The van der Waals surface area contributed by atoms with Crippen molar-refractivity contribution in [2.75, 3.05) is 18.0 Å². The average molecular weight is 210 g/mol. The van der Waals surface area contributed by atoms with Crippen molar-refractivity contribution in [2.24, 2.45) is 0 Å². The van der Waals surface area contributed by atoms with Crippen molar-refractivity contribution in [2.45, 2.75) is 26.2 Å². The van der Waals surface area contributed by atoms with Gasteiger partial charge in [0.25, 0.3) is 0 Å². The van der Waals surface area contributed by atoms with Gasteiger partial charge in [-0.1, -0.05) is 18.3 Å². The third kappa shape index (κ3) is 1.80. The van der Waals surface area contributed by atoms with Gasteiger partial charge in [0.15, 0.2) is 10.9 Å². The molecule has 1 aromatic rings. The molecule has 1 saturated heterocycles. The predicted molar refractivity (Wildman–Crippen MR) is 58.2 cm³/mol. The monoisotopic (exact) mass is 210 g/mol. The second-order valence-electron chi connectivity index (χ2n) is 3.48. The fraction of sp³-hybridized carbons (Fsp3) is 0.600. The molecule has 1 aliphatic heterocycles. The molecule has 76 valence electrons. The maximum atomic E-state index is 11.4. The Kier molecular flexibility index (Phi) is 2.82. The van der Waals surface area contributed by atoms with Crippen molar-refractivity contribution in [1.29, 1.82) is 0 Å². The van der Waals surface area contributed by atoms with Crippen molar-refractivity contribution >= 4 is 22.3 Å². The quantitative estimate of drug-likeness (QED) is 0.718. The van der Waals surface area contributed by atoms with Crippen LogP contribution < -0.4 is 4.90 Å². The molecule has 0 N–H and O–H groups in total. The van der Waals surface area contributed by atoms with E-state index in [0.717, 1.165) is 23.1 Å². The molecule has 3 nitrogen and oxygen atoms in total. The number of ketones is 1.